The third kappa shape index (κ3) is 7.70. The number of rotatable bonds is 8. The van der Waals surface area contributed by atoms with Crippen LogP contribution < -0.4 is 21.3 Å². The summed E-state index contributed by atoms with van der Waals surface area (Å²) >= 11 is 0. The first-order valence-electron chi connectivity index (χ1n) is 13.6. The first-order chi connectivity index (χ1) is 18.5. The number of nitrogens with one attached hydrogen (secondary N) is 1. The van der Waals surface area contributed by atoms with Crippen molar-refractivity contribution in [1.82, 2.24) is 4.98 Å². The van der Waals surface area contributed by atoms with Gasteiger partial charge in [-0.2, -0.15) is 0 Å². The molecule has 1 aliphatic rings. The number of nitrogens with two attached hydrogens (primary N) is 1. The fraction of sp³-hybridized carbons (Fsp3) is 0.467. The second kappa shape index (κ2) is 13.8. The van der Waals surface area contributed by atoms with Crippen molar-refractivity contribution >= 4 is 35.2 Å². The van der Waals surface area contributed by atoms with Crippen LogP contribution in [0, 0.1) is 5.82 Å². The minimum absolute atomic E-state index is 0.176. The Labute approximate surface area is 232 Å². The van der Waals surface area contributed by atoms with Crippen molar-refractivity contribution in [3.8, 4) is 5.75 Å². The molecular weight excluding hydrogens is 496 g/mol. The lowest BCUT2D eigenvalue weighted by Crippen LogP contribution is -2.41. The molecule has 3 aromatic rings. The fourth-order valence-corrected chi connectivity index (χ4v) is 3.94. The molecule has 0 atom stereocenters. The summed E-state index contributed by atoms with van der Waals surface area (Å²) in [6.45, 7) is 16.2. The number of fused-ring (bicyclic) bond motifs is 1. The maximum atomic E-state index is 15.2. The summed E-state index contributed by atoms with van der Waals surface area (Å²) in [7, 11) is 0.792. The Morgan fingerprint density at radius 2 is 1.62 bits per heavy atom. The summed E-state index contributed by atoms with van der Waals surface area (Å²) < 4.78 is 32.5. The van der Waals surface area contributed by atoms with E-state index >= 15 is 4.39 Å². The van der Waals surface area contributed by atoms with Gasteiger partial charge in [0.1, 0.15) is 17.4 Å². The molecule has 1 aromatic heterocycles. The number of pyridine rings is 1. The number of methoxy groups -OCH3 is 1. The molecule has 1 amide bonds. The molecule has 0 radical (unpaired) electrons. The Hall–Kier alpha value is -3.17. The largest absolute Gasteiger partial charge is 0.497 e. The van der Waals surface area contributed by atoms with Gasteiger partial charge in [0.2, 0.25) is 5.91 Å². The summed E-state index contributed by atoms with van der Waals surface area (Å²) in [5.41, 5.74) is 6.88. The molecule has 0 bridgehead atoms. The molecule has 212 valence electrons. The van der Waals surface area contributed by atoms with E-state index in [4.69, 9.17) is 19.8 Å². The van der Waals surface area contributed by atoms with E-state index in [2.05, 4.69) is 10.3 Å². The van der Waals surface area contributed by atoms with Crippen molar-refractivity contribution in [2.24, 2.45) is 5.73 Å². The Balaban J connectivity index is 0.00000127. The number of hydrogen-bond donors (Lipinski definition) is 2. The van der Waals surface area contributed by atoms with Crippen LogP contribution in [0.2, 0.25) is 0 Å². The zero-order chi connectivity index (χ0) is 29.4. The standard InChI is InChI=1S/C26H31BFN3O4.2C2H6/c1-25(2)26(3,4)35-27(34-25)20-13-18-12-17(8-11-23(29)32)24(31-22(18)14-21(20)28)30-15-16-6-9-19(33-5)10-7-16;2*1-2/h6-7,9-10,12-14H,8,11,15H2,1-5H3,(H2,29,32)(H,30,31);2*1-2H3. The molecule has 4 rings (SSSR count). The summed E-state index contributed by atoms with van der Waals surface area (Å²) in [5.74, 6) is 0.503. The van der Waals surface area contributed by atoms with Crippen LogP contribution in [0.5, 0.6) is 5.75 Å². The van der Waals surface area contributed by atoms with Gasteiger partial charge >= 0.3 is 7.12 Å². The number of hydrogen-bond acceptors (Lipinski definition) is 6. The van der Waals surface area contributed by atoms with Crippen molar-refractivity contribution in [1.29, 1.82) is 0 Å². The number of amides is 1. The van der Waals surface area contributed by atoms with Gasteiger partial charge < -0.3 is 25.1 Å². The maximum absolute atomic E-state index is 15.2. The lowest BCUT2D eigenvalue weighted by molar-refractivity contribution is -0.117. The van der Waals surface area contributed by atoms with Gasteiger partial charge in [-0.25, -0.2) is 9.37 Å². The number of halogens is 1. The van der Waals surface area contributed by atoms with Crippen molar-refractivity contribution < 1.29 is 23.2 Å². The zero-order valence-electron chi connectivity index (χ0n) is 24.8. The van der Waals surface area contributed by atoms with Crippen LogP contribution in [0.3, 0.4) is 0 Å². The fourth-order valence-electron chi connectivity index (χ4n) is 3.94. The van der Waals surface area contributed by atoms with E-state index in [1.54, 1.807) is 13.2 Å². The van der Waals surface area contributed by atoms with Crippen LogP contribution in [-0.4, -0.2) is 36.3 Å². The number of aromatic nitrogens is 1. The average Bonchev–Trinajstić information content (AvgIpc) is 3.14. The van der Waals surface area contributed by atoms with Gasteiger partial charge in [-0.05, 0) is 69.5 Å². The third-order valence-corrected chi connectivity index (χ3v) is 6.78. The van der Waals surface area contributed by atoms with Gasteiger partial charge in [-0.3, -0.25) is 4.79 Å². The van der Waals surface area contributed by atoms with Gasteiger partial charge in [0, 0.05) is 23.8 Å². The summed E-state index contributed by atoms with van der Waals surface area (Å²) in [5, 5.41) is 4.05. The number of primary amides is 1. The van der Waals surface area contributed by atoms with Crippen molar-refractivity contribution in [3.63, 3.8) is 0 Å². The van der Waals surface area contributed by atoms with E-state index in [0.29, 0.717) is 29.8 Å². The highest BCUT2D eigenvalue weighted by atomic mass is 19.1. The molecule has 2 aromatic carbocycles. The monoisotopic (exact) mass is 539 g/mol. The van der Waals surface area contributed by atoms with Gasteiger partial charge in [0.15, 0.2) is 0 Å². The Morgan fingerprint density at radius 1 is 1.03 bits per heavy atom. The van der Waals surface area contributed by atoms with Gasteiger partial charge in [0.05, 0.1) is 23.8 Å². The predicted molar refractivity (Wildman–Crippen MR) is 158 cm³/mol. The number of aryl methyl sites for hydroxylation is 1. The van der Waals surface area contributed by atoms with Crippen molar-refractivity contribution in [2.75, 3.05) is 12.4 Å². The first-order valence-corrected chi connectivity index (χ1v) is 13.6. The predicted octanol–water partition coefficient (Wildman–Crippen LogP) is 5.76. The van der Waals surface area contributed by atoms with Gasteiger partial charge in [-0.15, -0.1) is 0 Å². The normalized spacial score (nSPS) is 15.1. The van der Waals surface area contributed by atoms with Gasteiger partial charge in [0.25, 0.3) is 0 Å². The Morgan fingerprint density at radius 3 is 2.15 bits per heavy atom. The smallest absolute Gasteiger partial charge is 0.497 e. The molecule has 1 aliphatic heterocycles. The topological polar surface area (TPSA) is 95.7 Å². The molecule has 2 heterocycles. The highest BCUT2D eigenvalue weighted by molar-refractivity contribution is 6.62. The summed E-state index contributed by atoms with van der Waals surface area (Å²) in [4.78, 5) is 16.1. The molecule has 7 nitrogen and oxygen atoms in total. The number of ether oxygens (including phenoxy) is 1. The molecule has 3 N–H and O–H groups in total. The van der Waals surface area contributed by atoms with Crippen LogP contribution in [0.15, 0.2) is 42.5 Å². The highest BCUT2D eigenvalue weighted by Gasteiger charge is 2.52. The number of carbonyl (C=O) groups excluding carboxylic acids is 1. The van der Waals surface area contributed by atoms with Crippen LogP contribution in [-0.2, 0) is 27.1 Å². The van der Waals surface area contributed by atoms with Crippen LogP contribution in [0.4, 0.5) is 10.2 Å². The Kier molecular flexibility index (Phi) is 11.3. The molecule has 0 spiro atoms. The van der Waals surface area contributed by atoms with E-state index in [9.17, 15) is 4.79 Å². The Bertz CT molecular complexity index is 1230. The minimum Gasteiger partial charge on any atom is -0.497 e. The molecule has 0 aliphatic carbocycles. The van der Waals surface area contributed by atoms with Crippen molar-refractivity contribution in [3.05, 3.63) is 59.4 Å². The van der Waals surface area contributed by atoms with Crippen LogP contribution in [0.25, 0.3) is 10.9 Å². The summed E-state index contributed by atoms with van der Waals surface area (Å²) in [6, 6.07) is 12.7. The van der Waals surface area contributed by atoms with E-state index < -0.39 is 30.0 Å². The molecule has 1 fully saturated rings. The number of benzene rings is 2. The van der Waals surface area contributed by atoms with E-state index in [1.165, 1.54) is 6.07 Å². The molecule has 0 unspecified atom stereocenters. The number of carbonyl (C=O) groups is 1. The molecule has 1 saturated heterocycles. The number of anilines is 1. The third-order valence-electron chi connectivity index (χ3n) is 6.78. The van der Waals surface area contributed by atoms with E-state index in [-0.39, 0.29) is 6.42 Å². The van der Waals surface area contributed by atoms with E-state index in [0.717, 1.165) is 22.3 Å². The quantitative estimate of drug-likeness (QED) is 0.353. The average molecular weight is 540 g/mol. The van der Waals surface area contributed by atoms with Crippen LogP contribution >= 0.6 is 0 Å². The van der Waals surface area contributed by atoms with Crippen LogP contribution in [0.1, 0.15) is 72.9 Å². The molecule has 0 saturated carbocycles. The zero-order valence-corrected chi connectivity index (χ0v) is 24.8. The lowest BCUT2D eigenvalue weighted by Gasteiger charge is -2.32. The second-order valence-electron chi connectivity index (χ2n) is 9.82. The molecular formula is C30H43BFN3O4. The minimum atomic E-state index is -0.827. The van der Waals surface area contributed by atoms with Gasteiger partial charge in [-0.1, -0.05) is 45.9 Å². The first kappa shape index (κ1) is 32.0. The van der Waals surface area contributed by atoms with Crippen molar-refractivity contribution in [2.45, 2.75) is 86.0 Å². The summed E-state index contributed by atoms with van der Waals surface area (Å²) in [6.07, 6.45) is 0.585. The van der Waals surface area contributed by atoms with E-state index in [1.807, 2.05) is 85.7 Å². The lowest BCUT2D eigenvalue weighted by atomic mass is 9.78. The molecule has 9 heteroatoms. The maximum Gasteiger partial charge on any atom is 0.497 e. The second-order valence-corrected chi connectivity index (χ2v) is 9.82. The highest BCUT2D eigenvalue weighted by Crippen LogP contribution is 2.37. The molecule has 39 heavy (non-hydrogen) atoms. The SMILES string of the molecule is CC.CC.COc1ccc(CNc2nc3cc(F)c(B4OC(C)(C)C(C)(C)O4)cc3cc2CCC(N)=O)cc1. The number of nitrogens with zero attached hydrogens (tertiary/aromatic N) is 1.